The molecule has 0 aromatic carbocycles. The van der Waals surface area contributed by atoms with E-state index in [1.54, 1.807) is 0 Å². The minimum Gasteiger partial charge on any atom is -0.339 e. The van der Waals surface area contributed by atoms with Crippen molar-refractivity contribution in [3.05, 3.63) is 0 Å². The van der Waals surface area contributed by atoms with Gasteiger partial charge in [-0.15, -0.1) is 0 Å². The maximum atomic E-state index is 12.3. The maximum Gasteiger partial charge on any atom is 0.236 e. The Morgan fingerprint density at radius 2 is 1.85 bits per heavy atom. The number of piperazine rings is 1. The van der Waals surface area contributed by atoms with Gasteiger partial charge in [0.15, 0.2) is 0 Å². The standard InChI is InChI=1S/C15H28N4O/c1-17-8-10-19(11-9-17)15(20)12-16-13-5-7-18-6-3-2-4-14(13)18/h13-14,16H,2-12H2,1H3. The van der Waals surface area contributed by atoms with E-state index in [1.807, 2.05) is 4.90 Å². The van der Waals surface area contributed by atoms with Gasteiger partial charge in [-0.05, 0) is 32.9 Å². The first kappa shape index (κ1) is 14.3. The number of amides is 1. The van der Waals surface area contributed by atoms with Crippen LogP contribution in [0.5, 0.6) is 0 Å². The van der Waals surface area contributed by atoms with Crippen LogP contribution in [0.2, 0.25) is 0 Å². The molecule has 0 bridgehead atoms. The van der Waals surface area contributed by atoms with E-state index in [0.717, 1.165) is 26.2 Å². The smallest absolute Gasteiger partial charge is 0.236 e. The molecule has 3 aliphatic heterocycles. The Balaban J connectivity index is 1.44. The topological polar surface area (TPSA) is 38.8 Å². The van der Waals surface area contributed by atoms with Crippen molar-refractivity contribution in [2.75, 3.05) is 52.9 Å². The number of hydrogen-bond acceptors (Lipinski definition) is 4. The molecule has 3 heterocycles. The van der Waals surface area contributed by atoms with Gasteiger partial charge in [0, 0.05) is 44.8 Å². The Morgan fingerprint density at radius 1 is 1.05 bits per heavy atom. The molecule has 0 spiro atoms. The second kappa shape index (κ2) is 6.41. The van der Waals surface area contributed by atoms with Crippen molar-refractivity contribution < 1.29 is 4.79 Å². The first-order valence-corrected chi connectivity index (χ1v) is 8.18. The molecule has 0 radical (unpaired) electrons. The molecule has 3 fully saturated rings. The lowest BCUT2D eigenvalue weighted by atomic mass is 9.99. The number of nitrogens with one attached hydrogen (secondary N) is 1. The molecule has 3 aliphatic rings. The van der Waals surface area contributed by atoms with E-state index in [9.17, 15) is 4.79 Å². The fraction of sp³-hybridized carbons (Fsp3) is 0.933. The van der Waals surface area contributed by atoms with Gasteiger partial charge in [0.25, 0.3) is 0 Å². The molecule has 1 amide bonds. The van der Waals surface area contributed by atoms with Crippen molar-refractivity contribution in [1.29, 1.82) is 0 Å². The lowest BCUT2D eigenvalue weighted by Crippen LogP contribution is -2.52. The highest BCUT2D eigenvalue weighted by atomic mass is 16.2. The molecule has 0 aromatic heterocycles. The molecule has 5 nitrogen and oxygen atoms in total. The fourth-order valence-electron chi connectivity index (χ4n) is 3.87. The molecular formula is C15H28N4O. The second-order valence-corrected chi connectivity index (χ2v) is 6.56. The van der Waals surface area contributed by atoms with Crippen LogP contribution in [0.1, 0.15) is 25.7 Å². The van der Waals surface area contributed by atoms with E-state index >= 15 is 0 Å². The molecule has 2 atom stereocenters. The van der Waals surface area contributed by atoms with Crippen LogP contribution < -0.4 is 5.32 Å². The zero-order chi connectivity index (χ0) is 13.9. The van der Waals surface area contributed by atoms with Gasteiger partial charge in [-0.2, -0.15) is 0 Å². The first-order valence-electron chi connectivity index (χ1n) is 8.18. The number of likely N-dealkylation sites (N-methyl/N-ethyl adjacent to an activating group) is 1. The van der Waals surface area contributed by atoms with Gasteiger partial charge in [0.1, 0.15) is 0 Å². The van der Waals surface area contributed by atoms with Crippen molar-refractivity contribution >= 4 is 5.91 Å². The molecule has 20 heavy (non-hydrogen) atoms. The molecule has 0 aliphatic carbocycles. The summed E-state index contributed by atoms with van der Waals surface area (Å²) >= 11 is 0. The summed E-state index contributed by atoms with van der Waals surface area (Å²) in [7, 11) is 2.12. The van der Waals surface area contributed by atoms with Gasteiger partial charge in [-0.3, -0.25) is 9.69 Å². The summed E-state index contributed by atoms with van der Waals surface area (Å²) in [6.45, 7) is 6.78. The van der Waals surface area contributed by atoms with Crippen LogP contribution in [0.15, 0.2) is 0 Å². The van der Waals surface area contributed by atoms with Crippen LogP contribution in [-0.2, 0) is 4.79 Å². The number of carbonyl (C=O) groups excluding carboxylic acids is 1. The van der Waals surface area contributed by atoms with Crippen molar-refractivity contribution in [3.8, 4) is 0 Å². The summed E-state index contributed by atoms with van der Waals surface area (Å²) in [5.41, 5.74) is 0. The monoisotopic (exact) mass is 280 g/mol. The Morgan fingerprint density at radius 3 is 2.65 bits per heavy atom. The molecule has 1 N–H and O–H groups in total. The van der Waals surface area contributed by atoms with E-state index in [4.69, 9.17) is 0 Å². The fourth-order valence-corrected chi connectivity index (χ4v) is 3.87. The lowest BCUT2D eigenvalue weighted by Gasteiger charge is -2.34. The van der Waals surface area contributed by atoms with Crippen LogP contribution in [0.25, 0.3) is 0 Å². The summed E-state index contributed by atoms with van der Waals surface area (Å²) in [5, 5.41) is 3.54. The van der Waals surface area contributed by atoms with Gasteiger partial charge in [-0.1, -0.05) is 6.42 Å². The molecule has 2 unspecified atom stereocenters. The van der Waals surface area contributed by atoms with Crippen molar-refractivity contribution in [2.45, 2.75) is 37.8 Å². The van der Waals surface area contributed by atoms with Crippen LogP contribution in [-0.4, -0.2) is 85.6 Å². The second-order valence-electron chi connectivity index (χ2n) is 6.56. The van der Waals surface area contributed by atoms with Crippen LogP contribution in [0, 0.1) is 0 Å². The summed E-state index contributed by atoms with van der Waals surface area (Å²) in [6.07, 6.45) is 5.22. The number of nitrogens with zero attached hydrogens (tertiary/aromatic N) is 3. The maximum absolute atomic E-state index is 12.3. The van der Waals surface area contributed by atoms with Gasteiger partial charge in [0.05, 0.1) is 6.54 Å². The number of fused-ring (bicyclic) bond motifs is 1. The Labute approximate surface area is 122 Å². The summed E-state index contributed by atoms with van der Waals surface area (Å²) in [4.78, 5) is 19.2. The van der Waals surface area contributed by atoms with Crippen LogP contribution >= 0.6 is 0 Å². The van der Waals surface area contributed by atoms with Crippen molar-refractivity contribution in [3.63, 3.8) is 0 Å². The van der Waals surface area contributed by atoms with E-state index in [-0.39, 0.29) is 5.91 Å². The van der Waals surface area contributed by atoms with Crippen LogP contribution in [0.4, 0.5) is 0 Å². The average Bonchev–Trinajstić information content (AvgIpc) is 2.89. The zero-order valence-electron chi connectivity index (χ0n) is 12.7. The molecule has 0 saturated carbocycles. The van der Waals surface area contributed by atoms with Gasteiger partial charge in [-0.25, -0.2) is 0 Å². The molecule has 5 heteroatoms. The summed E-state index contributed by atoms with van der Waals surface area (Å²) in [6, 6.07) is 1.22. The molecular weight excluding hydrogens is 252 g/mol. The van der Waals surface area contributed by atoms with Crippen molar-refractivity contribution in [1.82, 2.24) is 20.0 Å². The molecule has 0 aromatic rings. The molecule has 3 rings (SSSR count). The minimum absolute atomic E-state index is 0.285. The highest BCUT2D eigenvalue weighted by molar-refractivity contribution is 5.78. The third-order valence-electron chi connectivity index (χ3n) is 5.23. The predicted octanol–water partition coefficient (Wildman–Crippen LogP) is -0.0232. The number of carbonyl (C=O) groups is 1. The van der Waals surface area contributed by atoms with Crippen molar-refractivity contribution in [2.24, 2.45) is 0 Å². The quantitative estimate of drug-likeness (QED) is 0.788. The van der Waals surface area contributed by atoms with Gasteiger partial charge in [0.2, 0.25) is 5.91 Å². The van der Waals surface area contributed by atoms with E-state index in [1.165, 1.54) is 38.8 Å². The van der Waals surface area contributed by atoms with Gasteiger partial charge < -0.3 is 15.1 Å². The van der Waals surface area contributed by atoms with E-state index in [0.29, 0.717) is 18.6 Å². The zero-order valence-corrected chi connectivity index (χ0v) is 12.7. The van der Waals surface area contributed by atoms with Crippen LogP contribution in [0.3, 0.4) is 0 Å². The Bertz CT molecular complexity index is 341. The summed E-state index contributed by atoms with van der Waals surface area (Å²) in [5.74, 6) is 0.285. The minimum atomic E-state index is 0.285. The number of rotatable bonds is 3. The largest absolute Gasteiger partial charge is 0.339 e. The normalized spacial score (nSPS) is 32.4. The van der Waals surface area contributed by atoms with Gasteiger partial charge >= 0.3 is 0 Å². The highest BCUT2D eigenvalue weighted by Gasteiger charge is 2.35. The Kier molecular flexibility index (Phi) is 4.58. The van der Waals surface area contributed by atoms with E-state index < -0.39 is 0 Å². The molecule has 3 saturated heterocycles. The van der Waals surface area contributed by atoms with E-state index in [2.05, 4.69) is 22.2 Å². The molecule has 114 valence electrons. The predicted molar refractivity (Wildman–Crippen MR) is 79.7 cm³/mol. The first-order chi connectivity index (χ1) is 9.74. The third kappa shape index (κ3) is 3.15. The Hall–Kier alpha value is -0.650. The number of piperidine rings is 1. The average molecular weight is 280 g/mol. The summed E-state index contributed by atoms with van der Waals surface area (Å²) < 4.78 is 0. The highest BCUT2D eigenvalue weighted by Crippen LogP contribution is 2.26. The third-order valence-corrected chi connectivity index (χ3v) is 5.23. The SMILES string of the molecule is CN1CCN(C(=O)CNC2CCN3CCCCC23)CC1. The lowest BCUT2D eigenvalue weighted by molar-refractivity contribution is -0.131. The number of hydrogen-bond donors (Lipinski definition) is 1.